The molecule has 0 N–H and O–H groups in total. The monoisotopic (exact) mass is 334 g/mol. The molecule has 3 heterocycles. The van der Waals surface area contributed by atoms with Crippen LogP contribution >= 0.6 is 0 Å². The molecule has 0 unspecified atom stereocenters. The zero-order chi connectivity index (χ0) is 17.2. The van der Waals surface area contributed by atoms with Gasteiger partial charge in [0.05, 0.1) is 17.3 Å². The van der Waals surface area contributed by atoms with Gasteiger partial charge in [0.1, 0.15) is 0 Å². The van der Waals surface area contributed by atoms with Crippen molar-refractivity contribution in [3.63, 3.8) is 0 Å². The number of benzene rings is 1. The normalized spacial score (nSPS) is 17.8. The van der Waals surface area contributed by atoms with Gasteiger partial charge in [0.25, 0.3) is 5.91 Å². The molecular formula is C20H22N4O. The van der Waals surface area contributed by atoms with Gasteiger partial charge in [-0.25, -0.2) is 0 Å². The van der Waals surface area contributed by atoms with Crippen LogP contribution in [0, 0.1) is 5.92 Å². The first-order valence-electron chi connectivity index (χ1n) is 8.80. The number of hydrogen-bond donors (Lipinski definition) is 0. The van der Waals surface area contributed by atoms with E-state index in [-0.39, 0.29) is 5.91 Å². The number of carbonyl (C=O) groups excluding carboxylic acids is 1. The summed E-state index contributed by atoms with van der Waals surface area (Å²) in [5, 5.41) is 5.29. The maximum atomic E-state index is 12.7. The average Bonchev–Trinajstić information content (AvgIpc) is 3.07. The number of rotatable bonds is 3. The van der Waals surface area contributed by atoms with Gasteiger partial charge in [-0.3, -0.25) is 14.5 Å². The number of likely N-dealkylation sites (tertiary alicyclic amines) is 1. The molecule has 128 valence electrons. The third kappa shape index (κ3) is 3.40. The van der Waals surface area contributed by atoms with Gasteiger partial charge in [-0.1, -0.05) is 12.1 Å². The Kier molecular flexibility index (Phi) is 4.22. The smallest absolute Gasteiger partial charge is 0.257 e. The van der Waals surface area contributed by atoms with Gasteiger partial charge in [0, 0.05) is 37.9 Å². The summed E-state index contributed by atoms with van der Waals surface area (Å²) in [6, 6.07) is 10.6. The van der Waals surface area contributed by atoms with Crippen molar-refractivity contribution < 1.29 is 4.79 Å². The SMILES string of the molecule is Cn1cc(C(=O)N2CCC[C@@H](Cc3ccc4ncccc4c3)C2)cn1. The second-order valence-electron chi connectivity index (χ2n) is 6.90. The highest BCUT2D eigenvalue weighted by Gasteiger charge is 2.25. The summed E-state index contributed by atoms with van der Waals surface area (Å²) in [4.78, 5) is 19.0. The van der Waals surface area contributed by atoms with Gasteiger partial charge >= 0.3 is 0 Å². The van der Waals surface area contributed by atoms with E-state index >= 15 is 0 Å². The topological polar surface area (TPSA) is 51.0 Å². The Labute approximate surface area is 147 Å². The summed E-state index contributed by atoms with van der Waals surface area (Å²) in [6.45, 7) is 1.66. The molecule has 5 nitrogen and oxygen atoms in total. The molecule has 1 saturated heterocycles. The number of pyridine rings is 1. The first-order valence-corrected chi connectivity index (χ1v) is 8.80. The van der Waals surface area contributed by atoms with E-state index in [1.165, 1.54) is 17.4 Å². The van der Waals surface area contributed by atoms with Crippen LogP contribution in [0.2, 0.25) is 0 Å². The second-order valence-corrected chi connectivity index (χ2v) is 6.90. The van der Waals surface area contributed by atoms with Gasteiger partial charge in [-0.05, 0) is 48.9 Å². The lowest BCUT2D eigenvalue weighted by molar-refractivity contribution is 0.0673. The molecule has 4 rings (SSSR count). The summed E-state index contributed by atoms with van der Waals surface area (Å²) >= 11 is 0. The molecule has 1 fully saturated rings. The summed E-state index contributed by atoms with van der Waals surface area (Å²) in [5.74, 6) is 0.601. The lowest BCUT2D eigenvalue weighted by Crippen LogP contribution is -2.40. The van der Waals surface area contributed by atoms with E-state index in [1.54, 1.807) is 17.1 Å². The van der Waals surface area contributed by atoms with Crippen LogP contribution in [0.4, 0.5) is 0 Å². The first-order chi connectivity index (χ1) is 12.2. The van der Waals surface area contributed by atoms with E-state index < -0.39 is 0 Å². The fraction of sp³-hybridized carbons (Fsp3) is 0.350. The van der Waals surface area contributed by atoms with E-state index in [0.29, 0.717) is 11.5 Å². The zero-order valence-electron chi connectivity index (χ0n) is 14.4. The average molecular weight is 334 g/mol. The van der Waals surface area contributed by atoms with E-state index in [9.17, 15) is 4.79 Å². The summed E-state index contributed by atoms with van der Waals surface area (Å²) < 4.78 is 1.68. The van der Waals surface area contributed by atoms with E-state index in [0.717, 1.165) is 31.4 Å². The largest absolute Gasteiger partial charge is 0.338 e. The van der Waals surface area contributed by atoms with Crippen LogP contribution in [0.15, 0.2) is 48.9 Å². The quantitative estimate of drug-likeness (QED) is 0.740. The van der Waals surface area contributed by atoms with Crippen molar-refractivity contribution >= 4 is 16.8 Å². The Balaban J connectivity index is 1.46. The highest BCUT2D eigenvalue weighted by atomic mass is 16.2. The Morgan fingerprint density at radius 2 is 2.24 bits per heavy atom. The predicted molar refractivity (Wildman–Crippen MR) is 97.3 cm³/mol. The van der Waals surface area contributed by atoms with E-state index in [1.807, 2.05) is 24.2 Å². The molecule has 0 aliphatic carbocycles. The van der Waals surface area contributed by atoms with Crippen LogP contribution in [0.3, 0.4) is 0 Å². The second kappa shape index (κ2) is 6.67. The van der Waals surface area contributed by atoms with Crippen molar-refractivity contribution in [2.24, 2.45) is 13.0 Å². The van der Waals surface area contributed by atoms with Gasteiger partial charge in [-0.15, -0.1) is 0 Å². The number of hydrogen-bond acceptors (Lipinski definition) is 3. The molecular weight excluding hydrogens is 312 g/mol. The highest BCUT2D eigenvalue weighted by molar-refractivity contribution is 5.93. The Bertz CT molecular complexity index is 901. The fourth-order valence-corrected chi connectivity index (χ4v) is 3.72. The van der Waals surface area contributed by atoms with Gasteiger partial charge in [0.15, 0.2) is 0 Å². The number of carbonyl (C=O) groups is 1. The minimum Gasteiger partial charge on any atom is -0.338 e. The van der Waals surface area contributed by atoms with Crippen molar-refractivity contribution in [3.8, 4) is 0 Å². The predicted octanol–water partition coefficient (Wildman–Crippen LogP) is 3.06. The highest BCUT2D eigenvalue weighted by Crippen LogP contribution is 2.24. The van der Waals surface area contributed by atoms with Crippen molar-refractivity contribution in [2.45, 2.75) is 19.3 Å². The lowest BCUT2D eigenvalue weighted by atomic mass is 9.90. The Morgan fingerprint density at radius 3 is 3.08 bits per heavy atom. The van der Waals surface area contributed by atoms with Gasteiger partial charge < -0.3 is 4.90 Å². The molecule has 25 heavy (non-hydrogen) atoms. The minimum atomic E-state index is 0.0977. The van der Waals surface area contributed by atoms with Gasteiger partial charge in [0.2, 0.25) is 0 Å². The van der Waals surface area contributed by atoms with Crippen LogP contribution in [0.5, 0.6) is 0 Å². The summed E-state index contributed by atoms with van der Waals surface area (Å²) in [5.41, 5.74) is 3.03. The fourth-order valence-electron chi connectivity index (χ4n) is 3.72. The molecule has 2 aromatic heterocycles. The molecule has 0 spiro atoms. The maximum absolute atomic E-state index is 12.7. The molecule has 1 aliphatic heterocycles. The molecule has 1 amide bonds. The minimum absolute atomic E-state index is 0.0977. The molecule has 3 aromatic rings. The molecule has 1 atom stereocenters. The number of aryl methyl sites for hydroxylation is 1. The zero-order valence-corrected chi connectivity index (χ0v) is 14.4. The molecule has 1 aliphatic rings. The van der Waals surface area contributed by atoms with Crippen molar-refractivity contribution in [2.75, 3.05) is 13.1 Å². The van der Waals surface area contributed by atoms with E-state index in [4.69, 9.17) is 0 Å². The van der Waals surface area contributed by atoms with Crippen LogP contribution < -0.4 is 0 Å². The number of piperidine rings is 1. The van der Waals surface area contributed by atoms with Crippen LogP contribution in [0.1, 0.15) is 28.8 Å². The number of amides is 1. The van der Waals surface area contributed by atoms with Crippen molar-refractivity contribution in [1.82, 2.24) is 19.7 Å². The lowest BCUT2D eigenvalue weighted by Gasteiger charge is -2.32. The standard InChI is InChI=1S/C20H22N4O/c1-23-14-18(12-22-23)20(25)24-9-3-4-16(13-24)10-15-6-7-19-17(11-15)5-2-8-21-19/h2,5-8,11-12,14,16H,3-4,9-10,13H2,1H3/t16-/m0/s1. The van der Waals surface area contributed by atoms with E-state index in [2.05, 4.69) is 34.3 Å². The maximum Gasteiger partial charge on any atom is 0.257 e. The molecule has 0 radical (unpaired) electrons. The Morgan fingerprint density at radius 1 is 1.32 bits per heavy atom. The number of nitrogens with zero attached hydrogens (tertiary/aromatic N) is 4. The first kappa shape index (κ1) is 15.8. The third-order valence-electron chi connectivity index (χ3n) is 4.95. The van der Waals surface area contributed by atoms with Gasteiger partial charge in [-0.2, -0.15) is 5.10 Å². The number of aromatic nitrogens is 3. The third-order valence-corrected chi connectivity index (χ3v) is 4.95. The van der Waals surface area contributed by atoms with Crippen molar-refractivity contribution in [1.29, 1.82) is 0 Å². The molecule has 5 heteroatoms. The summed E-state index contributed by atoms with van der Waals surface area (Å²) in [7, 11) is 1.84. The molecule has 1 aromatic carbocycles. The number of fused-ring (bicyclic) bond motifs is 1. The molecule has 0 saturated carbocycles. The van der Waals surface area contributed by atoms with Crippen LogP contribution in [-0.4, -0.2) is 38.7 Å². The molecule has 0 bridgehead atoms. The summed E-state index contributed by atoms with van der Waals surface area (Å²) in [6.07, 6.45) is 8.50. The van der Waals surface area contributed by atoms with Crippen molar-refractivity contribution in [3.05, 3.63) is 60.0 Å². The Hall–Kier alpha value is -2.69. The van der Waals surface area contributed by atoms with Crippen LogP contribution in [-0.2, 0) is 13.5 Å². The van der Waals surface area contributed by atoms with Crippen LogP contribution in [0.25, 0.3) is 10.9 Å².